The van der Waals surface area contributed by atoms with Gasteiger partial charge in [-0.3, -0.25) is 9.48 Å². The number of hydrogen-bond acceptors (Lipinski definition) is 3. The average Bonchev–Trinajstić information content (AvgIpc) is 3.31. The summed E-state index contributed by atoms with van der Waals surface area (Å²) in [7, 11) is 1.76. The van der Waals surface area contributed by atoms with E-state index < -0.39 is 0 Å². The van der Waals surface area contributed by atoms with Gasteiger partial charge in [0.1, 0.15) is 5.69 Å². The molecular formula is C21H18IN5O. The lowest BCUT2D eigenvalue weighted by atomic mass is 10.1. The minimum absolute atomic E-state index is 0.157. The molecule has 140 valence electrons. The highest BCUT2D eigenvalue weighted by Crippen LogP contribution is 2.23. The molecule has 0 saturated heterocycles. The Balaban J connectivity index is 1.65. The van der Waals surface area contributed by atoms with E-state index in [1.807, 2.05) is 71.5 Å². The lowest BCUT2D eigenvalue weighted by Gasteiger charge is -2.06. The Morgan fingerprint density at radius 3 is 2.39 bits per heavy atom. The fourth-order valence-corrected chi connectivity index (χ4v) is 3.74. The van der Waals surface area contributed by atoms with Crippen molar-refractivity contribution in [3.05, 3.63) is 87.9 Å². The molecule has 0 fully saturated rings. The highest BCUT2D eigenvalue weighted by atomic mass is 127. The van der Waals surface area contributed by atoms with E-state index in [2.05, 4.69) is 33.0 Å². The second-order valence-corrected chi connectivity index (χ2v) is 7.46. The number of halogens is 1. The average molecular weight is 483 g/mol. The number of aryl methyl sites for hydroxylation is 1. The van der Waals surface area contributed by atoms with Crippen LogP contribution < -0.4 is 5.32 Å². The molecule has 1 amide bonds. The monoisotopic (exact) mass is 483 g/mol. The van der Waals surface area contributed by atoms with E-state index >= 15 is 0 Å². The molecule has 0 bridgehead atoms. The van der Waals surface area contributed by atoms with Crippen molar-refractivity contribution in [3.63, 3.8) is 0 Å². The first-order valence-corrected chi connectivity index (χ1v) is 9.86. The Morgan fingerprint density at radius 1 is 1.07 bits per heavy atom. The van der Waals surface area contributed by atoms with Gasteiger partial charge in [-0.1, -0.05) is 48.5 Å². The Bertz CT molecular complexity index is 1080. The van der Waals surface area contributed by atoms with E-state index in [1.165, 1.54) is 0 Å². The van der Waals surface area contributed by atoms with Gasteiger partial charge in [0.2, 0.25) is 0 Å². The van der Waals surface area contributed by atoms with Crippen LogP contribution in [0, 0.1) is 3.57 Å². The third-order valence-electron chi connectivity index (χ3n) is 4.41. The molecule has 6 nitrogen and oxygen atoms in total. The molecule has 0 aliphatic heterocycles. The Morgan fingerprint density at radius 2 is 1.75 bits per heavy atom. The Labute approximate surface area is 176 Å². The summed E-state index contributed by atoms with van der Waals surface area (Å²) in [6.45, 7) is 0.372. The van der Waals surface area contributed by atoms with Gasteiger partial charge in [0.15, 0.2) is 0 Å². The molecule has 0 aliphatic carbocycles. The van der Waals surface area contributed by atoms with Crippen LogP contribution in [0.1, 0.15) is 16.1 Å². The summed E-state index contributed by atoms with van der Waals surface area (Å²) >= 11 is 2.12. The Kier molecular flexibility index (Phi) is 5.25. The van der Waals surface area contributed by atoms with Gasteiger partial charge >= 0.3 is 0 Å². The zero-order valence-corrected chi connectivity index (χ0v) is 17.4. The van der Waals surface area contributed by atoms with Gasteiger partial charge in [0.05, 0.1) is 21.1 Å². The Hall–Kier alpha value is -2.94. The van der Waals surface area contributed by atoms with Crippen molar-refractivity contribution in [2.75, 3.05) is 0 Å². The van der Waals surface area contributed by atoms with Crippen LogP contribution >= 0.6 is 22.6 Å². The van der Waals surface area contributed by atoms with E-state index in [9.17, 15) is 4.79 Å². The van der Waals surface area contributed by atoms with E-state index in [0.717, 1.165) is 26.1 Å². The SMILES string of the molecule is Cn1ncc(I)c1C(=O)NCc1cn(-c2ccccc2)nc1-c1ccccc1. The molecule has 0 spiro atoms. The van der Waals surface area contributed by atoms with Gasteiger partial charge in [-0.25, -0.2) is 4.68 Å². The van der Waals surface area contributed by atoms with Crippen LogP contribution in [0.5, 0.6) is 0 Å². The maximum absolute atomic E-state index is 12.6. The second kappa shape index (κ2) is 7.97. The molecule has 2 aromatic carbocycles. The zero-order chi connectivity index (χ0) is 19.5. The van der Waals surface area contributed by atoms with E-state index in [-0.39, 0.29) is 5.91 Å². The number of carbonyl (C=O) groups excluding carboxylic acids is 1. The maximum atomic E-state index is 12.6. The summed E-state index contributed by atoms with van der Waals surface area (Å²) < 4.78 is 4.25. The topological polar surface area (TPSA) is 64.7 Å². The summed E-state index contributed by atoms with van der Waals surface area (Å²) in [6, 6.07) is 19.9. The summed E-state index contributed by atoms with van der Waals surface area (Å²) in [5.74, 6) is -0.157. The van der Waals surface area contributed by atoms with Crippen molar-refractivity contribution in [1.82, 2.24) is 24.9 Å². The number of rotatable bonds is 5. The molecule has 0 radical (unpaired) electrons. The van der Waals surface area contributed by atoms with E-state index in [0.29, 0.717) is 12.2 Å². The number of nitrogens with zero attached hydrogens (tertiary/aromatic N) is 4. The molecule has 0 aliphatic rings. The third-order valence-corrected chi connectivity index (χ3v) is 5.20. The molecule has 0 unspecified atom stereocenters. The van der Waals surface area contributed by atoms with Gasteiger partial charge in [0, 0.05) is 30.9 Å². The third kappa shape index (κ3) is 3.70. The molecule has 0 saturated carbocycles. The highest BCUT2D eigenvalue weighted by Gasteiger charge is 2.17. The standard InChI is InChI=1S/C21H18IN5O/c1-26-20(18(22)13-24-26)21(28)23-12-16-14-27(17-10-6-3-7-11-17)25-19(16)15-8-4-2-5-9-15/h2-11,13-14H,12H2,1H3,(H,23,28). The fraction of sp³-hybridized carbons (Fsp3) is 0.0952. The van der Waals surface area contributed by atoms with Crippen LogP contribution in [0.4, 0.5) is 0 Å². The smallest absolute Gasteiger partial charge is 0.270 e. The molecule has 4 aromatic rings. The number of aromatic nitrogens is 4. The van der Waals surface area contributed by atoms with Crippen molar-refractivity contribution in [2.24, 2.45) is 7.05 Å². The van der Waals surface area contributed by atoms with Gasteiger partial charge in [-0.15, -0.1) is 0 Å². The molecule has 4 rings (SSSR count). The van der Waals surface area contributed by atoms with Crippen molar-refractivity contribution in [2.45, 2.75) is 6.54 Å². The largest absolute Gasteiger partial charge is 0.346 e. The normalized spacial score (nSPS) is 10.8. The molecule has 2 aromatic heterocycles. The highest BCUT2D eigenvalue weighted by molar-refractivity contribution is 14.1. The number of benzene rings is 2. The predicted molar refractivity (Wildman–Crippen MR) is 116 cm³/mol. The first kappa shape index (κ1) is 18.4. The van der Waals surface area contributed by atoms with Gasteiger partial charge in [-0.2, -0.15) is 10.2 Å². The first-order valence-electron chi connectivity index (χ1n) is 8.78. The zero-order valence-electron chi connectivity index (χ0n) is 15.2. The second-order valence-electron chi connectivity index (χ2n) is 6.30. The lowest BCUT2D eigenvalue weighted by molar-refractivity contribution is 0.0940. The lowest BCUT2D eigenvalue weighted by Crippen LogP contribution is -2.26. The number of para-hydroxylation sites is 1. The van der Waals surface area contributed by atoms with Crippen molar-refractivity contribution in [3.8, 4) is 16.9 Å². The molecular weight excluding hydrogens is 465 g/mol. The molecule has 0 atom stereocenters. The van der Waals surface area contributed by atoms with Crippen molar-refractivity contribution in [1.29, 1.82) is 0 Å². The number of carbonyl (C=O) groups is 1. The molecule has 1 N–H and O–H groups in total. The summed E-state index contributed by atoms with van der Waals surface area (Å²) in [6.07, 6.45) is 3.64. The summed E-state index contributed by atoms with van der Waals surface area (Å²) in [4.78, 5) is 12.6. The van der Waals surface area contributed by atoms with E-state index in [4.69, 9.17) is 5.10 Å². The number of nitrogens with one attached hydrogen (secondary N) is 1. The van der Waals surface area contributed by atoms with Gasteiger partial charge in [-0.05, 0) is 34.7 Å². The van der Waals surface area contributed by atoms with Crippen LogP contribution in [0.15, 0.2) is 73.1 Å². The first-order chi connectivity index (χ1) is 13.6. The van der Waals surface area contributed by atoms with Crippen molar-refractivity contribution >= 4 is 28.5 Å². The van der Waals surface area contributed by atoms with Crippen LogP contribution in [-0.2, 0) is 13.6 Å². The summed E-state index contributed by atoms with van der Waals surface area (Å²) in [5, 5.41) is 11.9. The van der Waals surface area contributed by atoms with Crippen LogP contribution in [0.3, 0.4) is 0 Å². The van der Waals surface area contributed by atoms with Gasteiger partial charge in [0.25, 0.3) is 5.91 Å². The minimum Gasteiger partial charge on any atom is -0.346 e. The maximum Gasteiger partial charge on any atom is 0.270 e. The van der Waals surface area contributed by atoms with E-state index in [1.54, 1.807) is 17.9 Å². The number of amides is 1. The fourth-order valence-electron chi connectivity index (χ4n) is 3.02. The molecule has 28 heavy (non-hydrogen) atoms. The summed E-state index contributed by atoms with van der Waals surface area (Å²) in [5.41, 5.74) is 4.33. The number of hydrogen-bond donors (Lipinski definition) is 1. The molecule has 7 heteroatoms. The van der Waals surface area contributed by atoms with Crippen LogP contribution in [-0.4, -0.2) is 25.5 Å². The molecule has 2 heterocycles. The minimum atomic E-state index is -0.157. The van der Waals surface area contributed by atoms with Gasteiger partial charge < -0.3 is 5.32 Å². The predicted octanol–water partition coefficient (Wildman–Crippen LogP) is 3.81. The van der Waals surface area contributed by atoms with Crippen LogP contribution in [0.2, 0.25) is 0 Å². The van der Waals surface area contributed by atoms with Crippen molar-refractivity contribution < 1.29 is 4.79 Å². The quantitative estimate of drug-likeness (QED) is 0.440. The van der Waals surface area contributed by atoms with Crippen LogP contribution in [0.25, 0.3) is 16.9 Å².